The van der Waals surface area contributed by atoms with Crippen LogP contribution in [-0.4, -0.2) is 35.9 Å². The summed E-state index contributed by atoms with van der Waals surface area (Å²) in [4.78, 5) is 15.8. The number of nitriles is 1. The summed E-state index contributed by atoms with van der Waals surface area (Å²) in [5.74, 6) is -0.649. The third-order valence-corrected chi connectivity index (χ3v) is 4.71. The van der Waals surface area contributed by atoms with Crippen LogP contribution in [0, 0.1) is 18.3 Å². The molecule has 0 spiro atoms. The van der Waals surface area contributed by atoms with Gasteiger partial charge in [0.2, 0.25) is 0 Å². The summed E-state index contributed by atoms with van der Waals surface area (Å²) < 4.78 is 1.76. The zero-order valence-corrected chi connectivity index (χ0v) is 15.4. The number of aromatic hydroxyl groups is 1. The predicted molar refractivity (Wildman–Crippen MR) is 104 cm³/mol. The molecule has 0 bridgehead atoms. The summed E-state index contributed by atoms with van der Waals surface area (Å²) in [7, 11) is 0. The van der Waals surface area contributed by atoms with Crippen molar-refractivity contribution >= 4 is 17.0 Å². The molecule has 0 unspecified atom stereocenters. The summed E-state index contributed by atoms with van der Waals surface area (Å²) >= 11 is 0. The van der Waals surface area contributed by atoms with E-state index in [1.807, 2.05) is 30.3 Å². The molecular formula is C21H15N5O3. The highest BCUT2D eigenvalue weighted by atomic mass is 16.4. The van der Waals surface area contributed by atoms with E-state index < -0.39 is 5.97 Å². The smallest absolute Gasteiger partial charge is 0.336 e. The van der Waals surface area contributed by atoms with Gasteiger partial charge in [0.05, 0.1) is 5.56 Å². The maximum atomic E-state index is 11.5. The van der Waals surface area contributed by atoms with Gasteiger partial charge in [0.25, 0.3) is 5.88 Å². The fourth-order valence-electron chi connectivity index (χ4n) is 3.31. The standard InChI is InChI=1S/C21H15N5O3/c1-12-23-18-17(10-22)24-25-20(27)19(18)26(12)11-13-6-8-14(9-7-13)15-4-2-3-5-16(15)21(28)29/h2-9H,11H2,1H3,(H,25,27)(H,28,29). The minimum Gasteiger partial charge on any atom is -0.491 e. The number of aryl methyl sites for hydroxylation is 1. The van der Waals surface area contributed by atoms with Gasteiger partial charge < -0.3 is 14.8 Å². The van der Waals surface area contributed by atoms with Crippen LogP contribution in [0.3, 0.4) is 0 Å². The fourth-order valence-corrected chi connectivity index (χ4v) is 3.31. The third-order valence-electron chi connectivity index (χ3n) is 4.71. The van der Waals surface area contributed by atoms with E-state index in [1.54, 1.807) is 35.8 Å². The number of carboxylic acids is 1. The first-order chi connectivity index (χ1) is 14.0. The van der Waals surface area contributed by atoms with Crippen molar-refractivity contribution in [2.24, 2.45) is 0 Å². The lowest BCUT2D eigenvalue weighted by Gasteiger charge is -2.10. The van der Waals surface area contributed by atoms with E-state index in [9.17, 15) is 20.3 Å². The monoisotopic (exact) mass is 385 g/mol. The third kappa shape index (κ3) is 3.15. The molecule has 2 aromatic heterocycles. The molecule has 0 aliphatic rings. The van der Waals surface area contributed by atoms with Crippen LogP contribution < -0.4 is 0 Å². The Morgan fingerprint density at radius 3 is 2.55 bits per heavy atom. The topological polar surface area (TPSA) is 125 Å². The Morgan fingerprint density at radius 1 is 1.14 bits per heavy atom. The Bertz CT molecular complexity index is 1290. The Kier molecular flexibility index (Phi) is 4.41. The average Bonchev–Trinajstić information content (AvgIpc) is 3.06. The molecule has 0 aliphatic carbocycles. The molecule has 2 heterocycles. The number of benzene rings is 2. The molecule has 0 aliphatic heterocycles. The number of hydrogen-bond acceptors (Lipinski definition) is 6. The van der Waals surface area contributed by atoms with Gasteiger partial charge in [-0.05, 0) is 29.7 Å². The number of rotatable bonds is 4. The second kappa shape index (κ2) is 7.05. The molecule has 0 saturated carbocycles. The first kappa shape index (κ1) is 18.1. The molecule has 8 heteroatoms. The van der Waals surface area contributed by atoms with E-state index in [-0.39, 0.29) is 17.1 Å². The summed E-state index contributed by atoms with van der Waals surface area (Å²) in [6.45, 7) is 2.17. The lowest BCUT2D eigenvalue weighted by molar-refractivity contribution is 0.0697. The molecule has 0 saturated heterocycles. The molecule has 2 aromatic carbocycles. The Balaban J connectivity index is 1.72. The molecule has 29 heavy (non-hydrogen) atoms. The van der Waals surface area contributed by atoms with Crippen molar-refractivity contribution in [1.29, 1.82) is 5.26 Å². The number of aromatic nitrogens is 4. The van der Waals surface area contributed by atoms with Crippen LogP contribution in [0.25, 0.3) is 22.2 Å². The Labute approximate surface area is 165 Å². The number of imidazole rings is 1. The SMILES string of the molecule is Cc1nc2c(C#N)nnc(O)c2n1Cc1ccc(-c2ccccc2C(=O)O)cc1. The molecule has 4 rings (SSSR count). The second-order valence-corrected chi connectivity index (χ2v) is 6.47. The molecule has 142 valence electrons. The summed E-state index contributed by atoms with van der Waals surface area (Å²) in [6.07, 6.45) is 0. The highest BCUT2D eigenvalue weighted by molar-refractivity contribution is 5.96. The number of fused-ring (bicyclic) bond motifs is 1. The van der Waals surface area contributed by atoms with Gasteiger partial charge in [0.15, 0.2) is 5.69 Å². The number of nitrogens with zero attached hydrogens (tertiary/aromatic N) is 5. The largest absolute Gasteiger partial charge is 0.491 e. The van der Waals surface area contributed by atoms with E-state index in [2.05, 4.69) is 15.2 Å². The van der Waals surface area contributed by atoms with Crippen LogP contribution in [-0.2, 0) is 6.54 Å². The highest BCUT2D eigenvalue weighted by Gasteiger charge is 2.18. The average molecular weight is 385 g/mol. The van der Waals surface area contributed by atoms with Crippen molar-refractivity contribution in [3.8, 4) is 23.1 Å². The number of aromatic carboxylic acids is 1. The van der Waals surface area contributed by atoms with Crippen LogP contribution in [0.1, 0.15) is 27.4 Å². The van der Waals surface area contributed by atoms with Gasteiger partial charge in [0, 0.05) is 6.54 Å². The molecule has 0 fully saturated rings. The van der Waals surface area contributed by atoms with E-state index in [0.717, 1.165) is 11.1 Å². The van der Waals surface area contributed by atoms with E-state index in [1.165, 1.54) is 0 Å². The fraction of sp³-hybridized carbons (Fsp3) is 0.0952. The Morgan fingerprint density at radius 2 is 1.86 bits per heavy atom. The van der Waals surface area contributed by atoms with Crippen LogP contribution in [0.4, 0.5) is 0 Å². The van der Waals surface area contributed by atoms with Crippen LogP contribution in [0.15, 0.2) is 48.5 Å². The zero-order valence-electron chi connectivity index (χ0n) is 15.4. The van der Waals surface area contributed by atoms with Crippen LogP contribution >= 0.6 is 0 Å². The quantitative estimate of drug-likeness (QED) is 0.553. The van der Waals surface area contributed by atoms with Crippen LogP contribution in [0.5, 0.6) is 5.88 Å². The van der Waals surface area contributed by atoms with Gasteiger partial charge in [-0.25, -0.2) is 9.78 Å². The molecule has 0 amide bonds. The minimum atomic E-state index is -0.977. The van der Waals surface area contributed by atoms with Gasteiger partial charge >= 0.3 is 5.97 Å². The van der Waals surface area contributed by atoms with Crippen molar-refractivity contribution < 1.29 is 15.0 Å². The highest BCUT2D eigenvalue weighted by Crippen LogP contribution is 2.27. The van der Waals surface area contributed by atoms with Crippen molar-refractivity contribution in [3.63, 3.8) is 0 Å². The maximum absolute atomic E-state index is 11.5. The van der Waals surface area contributed by atoms with Crippen molar-refractivity contribution in [3.05, 3.63) is 71.2 Å². The molecule has 0 atom stereocenters. The molecule has 0 radical (unpaired) electrons. The van der Waals surface area contributed by atoms with E-state index in [4.69, 9.17) is 0 Å². The Hall–Kier alpha value is -4.25. The van der Waals surface area contributed by atoms with Crippen LogP contribution in [0.2, 0.25) is 0 Å². The van der Waals surface area contributed by atoms with E-state index in [0.29, 0.717) is 29.0 Å². The summed E-state index contributed by atoms with van der Waals surface area (Å²) in [5, 5.41) is 36.0. The van der Waals surface area contributed by atoms with Gasteiger partial charge in [0.1, 0.15) is 22.9 Å². The summed E-state index contributed by atoms with van der Waals surface area (Å²) in [5.41, 5.74) is 3.31. The lowest BCUT2D eigenvalue weighted by atomic mass is 9.99. The number of carboxylic acid groups (broad SMARTS) is 1. The van der Waals surface area contributed by atoms with Gasteiger partial charge in [-0.2, -0.15) is 5.26 Å². The molecule has 2 N–H and O–H groups in total. The lowest BCUT2D eigenvalue weighted by Crippen LogP contribution is -2.03. The first-order valence-electron chi connectivity index (χ1n) is 8.74. The number of hydrogen-bond donors (Lipinski definition) is 2. The molecular weight excluding hydrogens is 370 g/mol. The number of carbonyl (C=O) groups is 1. The minimum absolute atomic E-state index is 0.0558. The van der Waals surface area contributed by atoms with Crippen molar-refractivity contribution in [2.75, 3.05) is 0 Å². The first-order valence-corrected chi connectivity index (χ1v) is 8.74. The van der Waals surface area contributed by atoms with Gasteiger partial charge in [-0.1, -0.05) is 42.5 Å². The van der Waals surface area contributed by atoms with E-state index >= 15 is 0 Å². The van der Waals surface area contributed by atoms with Crippen molar-refractivity contribution in [2.45, 2.75) is 13.5 Å². The van der Waals surface area contributed by atoms with Gasteiger partial charge in [-0.3, -0.25) is 0 Å². The molecule has 8 nitrogen and oxygen atoms in total. The molecule has 4 aromatic rings. The zero-order chi connectivity index (χ0) is 20.5. The summed E-state index contributed by atoms with van der Waals surface area (Å²) in [6, 6.07) is 16.2. The van der Waals surface area contributed by atoms with Gasteiger partial charge in [-0.15, -0.1) is 10.2 Å². The predicted octanol–water partition coefficient (Wildman–Crippen LogP) is 3.13. The second-order valence-electron chi connectivity index (χ2n) is 6.47. The maximum Gasteiger partial charge on any atom is 0.336 e. The normalized spacial score (nSPS) is 10.8. The van der Waals surface area contributed by atoms with Crippen molar-refractivity contribution in [1.82, 2.24) is 19.7 Å².